The van der Waals surface area contributed by atoms with Gasteiger partial charge in [0.15, 0.2) is 6.61 Å². The molecule has 1 unspecified atom stereocenters. The summed E-state index contributed by atoms with van der Waals surface area (Å²) in [5.41, 5.74) is 6.81. The maximum atomic E-state index is 11.7. The molecule has 1 aromatic rings. The minimum absolute atomic E-state index is 0.00281. The van der Waals surface area contributed by atoms with Crippen molar-refractivity contribution in [1.29, 1.82) is 0 Å². The molecule has 0 saturated heterocycles. The van der Waals surface area contributed by atoms with Gasteiger partial charge in [0.25, 0.3) is 5.91 Å². The summed E-state index contributed by atoms with van der Waals surface area (Å²) >= 11 is 0. The first kappa shape index (κ1) is 17.3. The lowest BCUT2D eigenvalue weighted by atomic mass is 10.1. The monoisotopic (exact) mass is 294 g/mol. The molecule has 118 valence electrons. The zero-order valence-electron chi connectivity index (χ0n) is 13.1. The van der Waals surface area contributed by atoms with Crippen molar-refractivity contribution < 1.29 is 14.3 Å². The SMILES string of the molecule is CCCCNC(=O)COc1cc(OC)ccc1CC(C)N. The molecule has 1 aromatic carbocycles. The van der Waals surface area contributed by atoms with Crippen molar-refractivity contribution >= 4 is 5.91 Å². The van der Waals surface area contributed by atoms with Gasteiger partial charge in [-0.25, -0.2) is 0 Å². The number of amides is 1. The summed E-state index contributed by atoms with van der Waals surface area (Å²) in [7, 11) is 1.60. The summed E-state index contributed by atoms with van der Waals surface area (Å²) < 4.78 is 10.8. The van der Waals surface area contributed by atoms with Crippen LogP contribution in [0.25, 0.3) is 0 Å². The number of hydrogen-bond acceptors (Lipinski definition) is 4. The molecule has 5 heteroatoms. The van der Waals surface area contributed by atoms with E-state index in [2.05, 4.69) is 12.2 Å². The van der Waals surface area contributed by atoms with Gasteiger partial charge in [-0.1, -0.05) is 19.4 Å². The molecular formula is C16H26N2O3. The molecule has 0 aliphatic carbocycles. The molecular weight excluding hydrogens is 268 g/mol. The number of nitrogens with two attached hydrogens (primary N) is 1. The normalized spacial score (nSPS) is 11.8. The lowest BCUT2D eigenvalue weighted by molar-refractivity contribution is -0.123. The van der Waals surface area contributed by atoms with Crippen molar-refractivity contribution in [3.63, 3.8) is 0 Å². The molecule has 0 heterocycles. The quantitative estimate of drug-likeness (QED) is 0.682. The molecule has 1 amide bonds. The number of carbonyl (C=O) groups excluding carboxylic acids is 1. The van der Waals surface area contributed by atoms with E-state index < -0.39 is 0 Å². The van der Waals surface area contributed by atoms with Gasteiger partial charge in [0, 0.05) is 18.7 Å². The second kappa shape index (κ2) is 9.23. The molecule has 0 saturated carbocycles. The number of carbonyl (C=O) groups is 1. The Hall–Kier alpha value is -1.75. The van der Waals surface area contributed by atoms with Crippen LogP contribution in [0.1, 0.15) is 32.3 Å². The van der Waals surface area contributed by atoms with Gasteiger partial charge in [-0.15, -0.1) is 0 Å². The van der Waals surface area contributed by atoms with Crippen LogP contribution in [0.4, 0.5) is 0 Å². The van der Waals surface area contributed by atoms with E-state index in [0.717, 1.165) is 18.4 Å². The van der Waals surface area contributed by atoms with Crippen LogP contribution >= 0.6 is 0 Å². The number of benzene rings is 1. The van der Waals surface area contributed by atoms with Crippen LogP contribution in [0.5, 0.6) is 11.5 Å². The van der Waals surface area contributed by atoms with E-state index in [1.165, 1.54) is 0 Å². The van der Waals surface area contributed by atoms with E-state index in [9.17, 15) is 4.79 Å². The van der Waals surface area contributed by atoms with E-state index in [1.807, 2.05) is 19.1 Å². The highest BCUT2D eigenvalue weighted by atomic mass is 16.5. The van der Waals surface area contributed by atoms with Gasteiger partial charge < -0.3 is 20.5 Å². The fourth-order valence-electron chi connectivity index (χ4n) is 1.91. The summed E-state index contributed by atoms with van der Waals surface area (Å²) in [6.07, 6.45) is 2.72. The summed E-state index contributed by atoms with van der Waals surface area (Å²) in [4.78, 5) is 11.7. The molecule has 3 N–H and O–H groups in total. The van der Waals surface area contributed by atoms with Crippen LogP contribution < -0.4 is 20.5 Å². The molecule has 0 radical (unpaired) electrons. The molecule has 1 atom stereocenters. The number of rotatable bonds is 9. The van der Waals surface area contributed by atoms with E-state index in [0.29, 0.717) is 24.5 Å². The first-order valence-corrected chi connectivity index (χ1v) is 7.38. The Morgan fingerprint density at radius 1 is 1.43 bits per heavy atom. The molecule has 21 heavy (non-hydrogen) atoms. The fraction of sp³-hybridized carbons (Fsp3) is 0.562. The lowest BCUT2D eigenvalue weighted by Crippen LogP contribution is -2.29. The van der Waals surface area contributed by atoms with Gasteiger partial charge in [-0.05, 0) is 31.4 Å². The molecule has 0 spiro atoms. The van der Waals surface area contributed by atoms with Crippen molar-refractivity contribution in [2.24, 2.45) is 5.73 Å². The van der Waals surface area contributed by atoms with Crippen LogP contribution in [-0.2, 0) is 11.2 Å². The Bertz CT molecular complexity index is 447. The third kappa shape index (κ3) is 6.49. The lowest BCUT2D eigenvalue weighted by Gasteiger charge is -2.14. The molecule has 0 aliphatic rings. The smallest absolute Gasteiger partial charge is 0.257 e. The molecule has 0 aliphatic heterocycles. The second-order valence-electron chi connectivity index (χ2n) is 5.15. The van der Waals surface area contributed by atoms with Crippen LogP contribution in [0.2, 0.25) is 0 Å². The van der Waals surface area contributed by atoms with Gasteiger partial charge in [-0.2, -0.15) is 0 Å². The van der Waals surface area contributed by atoms with Crippen molar-refractivity contribution in [1.82, 2.24) is 5.32 Å². The predicted molar refractivity (Wildman–Crippen MR) is 83.8 cm³/mol. The third-order valence-corrected chi connectivity index (χ3v) is 3.03. The molecule has 0 aromatic heterocycles. The highest BCUT2D eigenvalue weighted by Crippen LogP contribution is 2.25. The second-order valence-corrected chi connectivity index (χ2v) is 5.15. The zero-order valence-corrected chi connectivity index (χ0v) is 13.1. The first-order valence-electron chi connectivity index (χ1n) is 7.38. The van der Waals surface area contributed by atoms with Crippen LogP contribution in [-0.4, -0.2) is 32.2 Å². The summed E-state index contributed by atoms with van der Waals surface area (Å²) in [6.45, 7) is 4.71. The van der Waals surface area contributed by atoms with Crippen molar-refractivity contribution in [3.05, 3.63) is 23.8 Å². The summed E-state index contributed by atoms with van der Waals surface area (Å²) in [6, 6.07) is 5.61. The number of methoxy groups -OCH3 is 1. The van der Waals surface area contributed by atoms with Crippen molar-refractivity contribution in [2.75, 3.05) is 20.3 Å². The fourth-order valence-corrected chi connectivity index (χ4v) is 1.91. The van der Waals surface area contributed by atoms with Gasteiger partial charge in [0.2, 0.25) is 0 Å². The number of hydrogen-bond donors (Lipinski definition) is 2. The van der Waals surface area contributed by atoms with E-state index in [4.69, 9.17) is 15.2 Å². The number of ether oxygens (including phenoxy) is 2. The summed E-state index contributed by atoms with van der Waals surface area (Å²) in [5, 5.41) is 2.82. The topological polar surface area (TPSA) is 73.6 Å². The van der Waals surface area contributed by atoms with Gasteiger partial charge in [-0.3, -0.25) is 4.79 Å². The average Bonchev–Trinajstić information content (AvgIpc) is 2.46. The number of unbranched alkanes of at least 4 members (excludes halogenated alkanes) is 1. The Morgan fingerprint density at radius 3 is 2.81 bits per heavy atom. The first-order chi connectivity index (χ1) is 10.1. The minimum Gasteiger partial charge on any atom is -0.497 e. The Kier molecular flexibility index (Phi) is 7.61. The summed E-state index contributed by atoms with van der Waals surface area (Å²) in [5.74, 6) is 1.24. The largest absolute Gasteiger partial charge is 0.497 e. The van der Waals surface area contributed by atoms with Gasteiger partial charge in [0.1, 0.15) is 11.5 Å². The van der Waals surface area contributed by atoms with Crippen LogP contribution in [0, 0.1) is 0 Å². The minimum atomic E-state index is -0.113. The maximum absolute atomic E-state index is 11.7. The van der Waals surface area contributed by atoms with Gasteiger partial charge in [0.05, 0.1) is 7.11 Å². The van der Waals surface area contributed by atoms with E-state index in [1.54, 1.807) is 13.2 Å². The Labute approximate surface area is 126 Å². The predicted octanol–water partition coefficient (Wildman–Crippen LogP) is 1.88. The molecule has 0 fully saturated rings. The average molecular weight is 294 g/mol. The van der Waals surface area contributed by atoms with Crippen molar-refractivity contribution in [3.8, 4) is 11.5 Å². The van der Waals surface area contributed by atoms with Crippen molar-refractivity contribution in [2.45, 2.75) is 39.2 Å². The van der Waals surface area contributed by atoms with E-state index >= 15 is 0 Å². The highest BCUT2D eigenvalue weighted by Gasteiger charge is 2.10. The molecule has 5 nitrogen and oxygen atoms in total. The zero-order chi connectivity index (χ0) is 15.7. The van der Waals surface area contributed by atoms with Crippen LogP contribution in [0.15, 0.2) is 18.2 Å². The third-order valence-electron chi connectivity index (χ3n) is 3.03. The molecule has 1 rings (SSSR count). The standard InChI is InChI=1S/C16H26N2O3/c1-4-5-8-18-16(19)11-21-15-10-14(20-3)7-6-13(15)9-12(2)17/h6-7,10,12H,4-5,8-9,11,17H2,1-3H3,(H,18,19). The Balaban J connectivity index is 2.64. The van der Waals surface area contributed by atoms with Gasteiger partial charge >= 0.3 is 0 Å². The maximum Gasteiger partial charge on any atom is 0.257 e. The van der Waals surface area contributed by atoms with Crippen LogP contribution in [0.3, 0.4) is 0 Å². The Morgan fingerprint density at radius 2 is 2.19 bits per heavy atom. The molecule has 0 bridgehead atoms. The highest BCUT2D eigenvalue weighted by molar-refractivity contribution is 5.77. The van der Waals surface area contributed by atoms with E-state index in [-0.39, 0.29) is 18.6 Å². The number of nitrogens with one attached hydrogen (secondary N) is 1.